The van der Waals surface area contributed by atoms with Crippen molar-refractivity contribution in [3.63, 3.8) is 0 Å². The number of nitrogens with one attached hydrogen (secondary N) is 2. The number of carbonyl (C=O) groups excluding carboxylic acids is 2. The predicted octanol–water partition coefficient (Wildman–Crippen LogP) is 5.08. The van der Waals surface area contributed by atoms with Crippen LogP contribution < -0.4 is 11.5 Å². The van der Waals surface area contributed by atoms with Gasteiger partial charge in [-0.05, 0) is 80.2 Å². The molecule has 4 heterocycles. The number of aromatic nitrogens is 4. The normalized spacial score (nSPS) is 20.6. The van der Waals surface area contributed by atoms with Gasteiger partial charge in [0.1, 0.15) is 11.6 Å². The van der Waals surface area contributed by atoms with Gasteiger partial charge in [0.05, 0.1) is 41.4 Å². The number of hydrogen-bond donors (Lipinski definition) is 4. The molecule has 10 nitrogen and oxygen atoms in total. The van der Waals surface area contributed by atoms with Gasteiger partial charge in [0.15, 0.2) is 0 Å². The molecule has 0 spiro atoms. The molecule has 1 unspecified atom stereocenters. The lowest BCUT2D eigenvalue weighted by Gasteiger charge is -2.26. The highest BCUT2D eigenvalue weighted by molar-refractivity contribution is 5.89. The van der Waals surface area contributed by atoms with E-state index in [0.717, 1.165) is 110 Å². The van der Waals surface area contributed by atoms with Crippen LogP contribution in [0.1, 0.15) is 81.5 Å². The molecule has 1 aliphatic carbocycles. The van der Waals surface area contributed by atoms with E-state index in [-0.39, 0.29) is 23.9 Å². The summed E-state index contributed by atoms with van der Waals surface area (Å²) in [6.07, 6.45) is 11.3. The highest BCUT2D eigenvalue weighted by atomic mass is 16.2. The number of amides is 2. The van der Waals surface area contributed by atoms with E-state index in [9.17, 15) is 9.59 Å². The van der Waals surface area contributed by atoms with Crippen molar-refractivity contribution in [3.05, 3.63) is 72.6 Å². The molecule has 10 heteroatoms. The molecular weight excluding hydrogens is 564 g/mol. The van der Waals surface area contributed by atoms with Gasteiger partial charge in [-0.1, -0.05) is 48.5 Å². The van der Waals surface area contributed by atoms with Gasteiger partial charge in [0, 0.05) is 19.5 Å². The molecule has 2 saturated heterocycles. The molecule has 3 fully saturated rings. The van der Waals surface area contributed by atoms with E-state index in [1.807, 2.05) is 22.2 Å². The third-order valence-electron chi connectivity index (χ3n) is 9.69. The van der Waals surface area contributed by atoms with Crippen molar-refractivity contribution in [1.29, 1.82) is 0 Å². The van der Waals surface area contributed by atoms with Gasteiger partial charge in [0.2, 0.25) is 11.8 Å². The maximum Gasteiger partial charge on any atom is 0.243 e. The molecule has 2 aromatic carbocycles. The average molecular weight is 607 g/mol. The standard InChI is InChI=1S/C35H42N8O2/c36-18-2-1-7-31(44)42-19-3-5-29(42)32-38-21-27(40-32)25-12-8-23(9-13-25)24-10-14-26(15-11-24)28-22-39-33(41-28)30-6-4-20-43(30)34(45)35(37)16-17-35/h8-15,21-22,29-30H,1-7,16-20,36-37H2,(H,38,40)(H,39,41)/t29-,30?/m0/s1. The Morgan fingerprint density at radius 3 is 1.76 bits per heavy atom. The quantitative estimate of drug-likeness (QED) is 0.185. The van der Waals surface area contributed by atoms with E-state index in [2.05, 4.69) is 68.5 Å². The summed E-state index contributed by atoms with van der Waals surface area (Å²) in [5.41, 5.74) is 17.4. The molecular formula is C35H42N8O2. The number of carbonyl (C=O) groups is 2. The Morgan fingerprint density at radius 2 is 1.24 bits per heavy atom. The molecule has 0 bridgehead atoms. The Hall–Kier alpha value is -4.28. The summed E-state index contributed by atoms with van der Waals surface area (Å²) in [5.74, 6) is 1.94. The Kier molecular flexibility index (Phi) is 8.01. The van der Waals surface area contributed by atoms with Crippen molar-refractivity contribution in [2.75, 3.05) is 19.6 Å². The van der Waals surface area contributed by atoms with Crippen LogP contribution in [0.4, 0.5) is 0 Å². The number of imidazole rings is 2. The zero-order valence-electron chi connectivity index (χ0n) is 25.7. The molecule has 2 atom stereocenters. The van der Waals surface area contributed by atoms with Crippen LogP contribution in [0.5, 0.6) is 0 Å². The second-order valence-electron chi connectivity index (χ2n) is 12.8. The summed E-state index contributed by atoms with van der Waals surface area (Å²) in [6.45, 7) is 2.14. The number of unbranched alkanes of at least 4 members (excludes halogenated alkanes) is 1. The molecule has 0 radical (unpaired) electrons. The first-order valence-electron chi connectivity index (χ1n) is 16.3. The third-order valence-corrected chi connectivity index (χ3v) is 9.69. The molecule has 45 heavy (non-hydrogen) atoms. The molecule has 6 N–H and O–H groups in total. The minimum absolute atomic E-state index is 0.00764. The monoisotopic (exact) mass is 606 g/mol. The molecule has 2 aromatic heterocycles. The Balaban J connectivity index is 1.00. The van der Waals surface area contributed by atoms with Crippen molar-refractivity contribution in [2.45, 2.75) is 75.4 Å². The van der Waals surface area contributed by atoms with E-state index in [1.54, 1.807) is 0 Å². The predicted molar refractivity (Wildman–Crippen MR) is 173 cm³/mol. The van der Waals surface area contributed by atoms with Gasteiger partial charge in [-0.2, -0.15) is 0 Å². The number of hydrogen-bond acceptors (Lipinski definition) is 6. The number of benzene rings is 2. The molecule has 2 amide bonds. The van der Waals surface area contributed by atoms with Crippen molar-refractivity contribution < 1.29 is 9.59 Å². The van der Waals surface area contributed by atoms with Crippen LogP contribution in [0.15, 0.2) is 60.9 Å². The topological polar surface area (TPSA) is 150 Å². The summed E-state index contributed by atoms with van der Waals surface area (Å²) in [5, 5.41) is 0. The van der Waals surface area contributed by atoms with Gasteiger partial charge < -0.3 is 31.2 Å². The highest BCUT2D eigenvalue weighted by Gasteiger charge is 2.50. The molecule has 7 rings (SSSR count). The first kappa shape index (κ1) is 29.4. The fraction of sp³-hybridized carbons (Fsp3) is 0.429. The fourth-order valence-electron chi connectivity index (χ4n) is 6.83. The maximum absolute atomic E-state index is 12.9. The maximum atomic E-state index is 12.9. The lowest BCUT2D eigenvalue weighted by atomic mass is 10.0. The zero-order chi connectivity index (χ0) is 31.0. The van der Waals surface area contributed by atoms with Crippen LogP contribution in [0, 0.1) is 0 Å². The highest BCUT2D eigenvalue weighted by Crippen LogP contribution is 2.40. The molecule has 4 aromatic rings. The minimum Gasteiger partial charge on any atom is -0.340 e. The number of nitrogens with zero attached hydrogens (tertiary/aromatic N) is 4. The van der Waals surface area contributed by atoms with Crippen LogP contribution in [-0.4, -0.2) is 66.7 Å². The lowest BCUT2D eigenvalue weighted by Crippen LogP contribution is -2.45. The zero-order valence-corrected chi connectivity index (χ0v) is 25.7. The summed E-state index contributed by atoms with van der Waals surface area (Å²) < 4.78 is 0. The number of nitrogens with two attached hydrogens (primary N) is 2. The summed E-state index contributed by atoms with van der Waals surface area (Å²) in [4.78, 5) is 45.9. The van der Waals surface area contributed by atoms with Gasteiger partial charge in [-0.25, -0.2) is 9.97 Å². The van der Waals surface area contributed by atoms with Crippen LogP contribution in [0.2, 0.25) is 0 Å². The summed E-state index contributed by atoms with van der Waals surface area (Å²) in [7, 11) is 0. The summed E-state index contributed by atoms with van der Waals surface area (Å²) >= 11 is 0. The SMILES string of the molecule is NCCCCC(=O)N1CCC[C@H]1c1ncc(-c2ccc(-c3ccc(-c4cnc(C5CCCN5C(=O)C5(N)CC5)[nH]4)cc3)cc2)[nH]1. The van der Waals surface area contributed by atoms with E-state index >= 15 is 0 Å². The van der Waals surface area contributed by atoms with Crippen LogP contribution in [0.3, 0.4) is 0 Å². The van der Waals surface area contributed by atoms with E-state index < -0.39 is 5.54 Å². The first-order chi connectivity index (χ1) is 21.9. The smallest absolute Gasteiger partial charge is 0.243 e. The average Bonchev–Trinajstić information content (AvgIpc) is 3.66. The molecule has 234 valence electrons. The van der Waals surface area contributed by atoms with E-state index in [0.29, 0.717) is 13.0 Å². The molecule has 2 aliphatic heterocycles. The molecule has 1 saturated carbocycles. The second kappa shape index (κ2) is 12.3. The van der Waals surface area contributed by atoms with Gasteiger partial charge in [-0.15, -0.1) is 0 Å². The lowest BCUT2D eigenvalue weighted by molar-refractivity contribution is -0.134. The van der Waals surface area contributed by atoms with Crippen LogP contribution >= 0.6 is 0 Å². The number of H-pyrrole nitrogens is 2. The minimum atomic E-state index is -0.656. The van der Waals surface area contributed by atoms with Crippen LogP contribution in [0.25, 0.3) is 33.6 Å². The molecule has 3 aliphatic rings. The number of rotatable bonds is 10. The fourth-order valence-corrected chi connectivity index (χ4v) is 6.83. The van der Waals surface area contributed by atoms with Gasteiger partial charge in [0.25, 0.3) is 0 Å². The summed E-state index contributed by atoms with van der Waals surface area (Å²) in [6, 6.07) is 16.9. The van der Waals surface area contributed by atoms with Crippen molar-refractivity contribution in [2.24, 2.45) is 11.5 Å². The Bertz CT molecular complexity index is 1650. The Morgan fingerprint density at radius 1 is 0.756 bits per heavy atom. The first-order valence-corrected chi connectivity index (χ1v) is 16.3. The Labute approximate surface area is 263 Å². The second-order valence-corrected chi connectivity index (χ2v) is 12.8. The third kappa shape index (κ3) is 5.92. The van der Waals surface area contributed by atoms with Crippen molar-refractivity contribution >= 4 is 11.8 Å². The van der Waals surface area contributed by atoms with Crippen molar-refractivity contribution in [1.82, 2.24) is 29.7 Å². The van der Waals surface area contributed by atoms with Crippen LogP contribution in [-0.2, 0) is 9.59 Å². The van der Waals surface area contributed by atoms with E-state index in [4.69, 9.17) is 11.5 Å². The van der Waals surface area contributed by atoms with Gasteiger partial charge >= 0.3 is 0 Å². The van der Waals surface area contributed by atoms with Crippen molar-refractivity contribution in [3.8, 4) is 33.6 Å². The van der Waals surface area contributed by atoms with E-state index in [1.165, 1.54) is 0 Å². The van der Waals surface area contributed by atoms with Gasteiger partial charge in [-0.3, -0.25) is 9.59 Å². The number of likely N-dealkylation sites (tertiary alicyclic amines) is 2. The number of aromatic amines is 2. The largest absolute Gasteiger partial charge is 0.340 e.